The standard InChI is InChI=1S/C33H44Cl3NO20/c1-11-21(49-14(4)39)24(51-16(6)41)28(31(47-11)57-32(37)33(34,35)36)56-30-27(54-19(9)44)25(52-17(7)42)22(12(2)46-30)55-29-26(53-18(8)43)23(50-15(5)40)20(10-45-29)48-13(3)38/h11-12,20-31,37H,10H2,1-9H3/t11-,12+,20-,21+,22+,23+,24+,25-,26-,27-,28-,29+,30+,31-/m1/s1. The maximum Gasteiger partial charge on any atom is 0.303 e. The van der Waals surface area contributed by atoms with Crippen molar-refractivity contribution in [1.82, 2.24) is 0 Å². The van der Waals surface area contributed by atoms with E-state index in [1.807, 2.05) is 0 Å². The Bertz CT molecular complexity index is 1530. The van der Waals surface area contributed by atoms with Crippen LogP contribution in [-0.2, 0) is 95.1 Å². The van der Waals surface area contributed by atoms with Crippen LogP contribution in [-0.4, -0.2) is 144 Å². The molecule has 3 aliphatic rings. The largest absolute Gasteiger partial charge is 0.456 e. The molecule has 0 aromatic heterocycles. The van der Waals surface area contributed by atoms with E-state index in [4.69, 9.17) is 102 Å². The van der Waals surface area contributed by atoms with Crippen LogP contribution in [0, 0.1) is 5.41 Å². The number of carbonyl (C=O) groups is 7. The first-order valence-electron chi connectivity index (χ1n) is 17.2. The SMILES string of the molecule is CC(=O)O[C@@H]1[C@@H](O[C@@H]2OC[C@@H](OC(C)=O)[C@H](OC(C)=O)[C@H]2OC(C)=O)[C@H](C)O[C@@H](O[C@H]2[C@@H](OC(=N)C(Cl)(Cl)Cl)O[C@H](C)[C@H](OC(C)=O)[C@@H]2OC(C)=O)[C@@H]1OC(C)=O. The molecule has 21 nitrogen and oxygen atoms in total. The van der Waals surface area contributed by atoms with Crippen molar-refractivity contribution in [3.05, 3.63) is 0 Å². The maximum absolute atomic E-state index is 12.6. The van der Waals surface area contributed by atoms with E-state index in [1.165, 1.54) is 13.8 Å². The molecule has 3 heterocycles. The molecule has 0 radical (unpaired) electrons. The third kappa shape index (κ3) is 13.5. The normalized spacial score (nSPS) is 34.0. The molecular formula is C33H44Cl3NO20. The van der Waals surface area contributed by atoms with Crippen molar-refractivity contribution in [2.45, 2.75) is 152 Å². The third-order valence-electron chi connectivity index (χ3n) is 8.04. The second-order valence-corrected chi connectivity index (χ2v) is 15.1. The number of rotatable bonds is 12. The highest BCUT2D eigenvalue weighted by atomic mass is 35.6. The highest BCUT2D eigenvalue weighted by Gasteiger charge is 2.58. The molecule has 0 saturated carbocycles. The van der Waals surface area contributed by atoms with Crippen molar-refractivity contribution in [1.29, 1.82) is 5.41 Å². The predicted molar refractivity (Wildman–Crippen MR) is 186 cm³/mol. The van der Waals surface area contributed by atoms with Gasteiger partial charge >= 0.3 is 41.8 Å². The van der Waals surface area contributed by atoms with Gasteiger partial charge in [-0.05, 0) is 13.8 Å². The van der Waals surface area contributed by atoms with Crippen molar-refractivity contribution in [3.8, 4) is 0 Å². The van der Waals surface area contributed by atoms with Gasteiger partial charge in [-0.2, -0.15) is 0 Å². The summed E-state index contributed by atoms with van der Waals surface area (Å²) >= 11 is 17.6. The molecule has 322 valence electrons. The molecule has 3 saturated heterocycles. The lowest BCUT2D eigenvalue weighted by molar-refractivity contribution is -0.371. The molecule has 1 N–H and O–H groups in total. The van der Waals surface area contributed by atoms with Crippen LogP contribution in [0.5, 0.6) is 0 Å². The summed E-state index contributed by atoms with van der Waals surface area (Å²) in [5.74, 6) is -7.06. The minimum Gasteiger partial charge on any atom is -0.456 e. The molecule has 0 spiro atoms. The molecule has 0 bridgehead atoms. The summed E-state index contributed by atoms with van der Waals surface area (Å²) in [6.07, 6.45) is -21.5. The number of carbonyl (C=O) groups excluding carboxylic acids is 7. The van der Waals surface area contributed by atoms with Crippen molar-refractivity contribution >= 4 is 82.5 Å². The Balaban J connectivity index is 2.11. The van der Waals surface area contributed by atoms with Gasteiger partial charge in [0.1, 0.15) is 6.10 Å². The molecule has 14 atom stereocenters. The molecule has 3 fully saturated rings. The highest BCUT2D eigenvalue weighted by Crippen LogP contribution is 2.38. The molecular weight excluding hydrogens is 837 g/mol. The Morgan fingerprint density at radius 2 is 0.842 bits per heavy atom. The number of esters is 7. The number of hydrogen-bond donors (Lipinski definition) is 1. The van der Waals surface area contributed by atoms with Crippen LogP contribution in [0.15, 0.2) is 0 Å². The minimum atomic E-state index is -2.43. The summed E-state index contributed by atoms with van der Waals surface area (Å²) in [4.78, 5) is 86.1. The Morgan fingerprint density at radius 3 is 1.32 bits per heavy atom. The van der Waals surface area contributed by atoms with E-state index in [1.54, 1.807) is 0 Å². The van der Waals surface area contributed by atoms with E-state index >= 15 is 0 Å². The number of halogens is 3. The number of ether oxygens (including phenoxy) is 13. The van der Waals surface area contributed by atoms with Crippen molar-refractivity contribution in [2.75, 3.05) is 6.61 Å². The number of nitrogens with one attached hydrogen (secondary N) is 1. The number of hydrogen-bond acceptors (Lipinski definition) is 21. The Morgan fingerprint density at radius 1 is 0.474 bits per heavy atom. The Labute approximate surface area is 341 Å². The van der Waals surface area contributed by atoms with Crippen LogP contribution in [0.4, 0.5) is 0 Å². The minimum absolute atomic E-state index is 0.439. The molecule has 0 aliphatic carbocycles. The summed E-state index contributed by atoms with van der Waals surface area (Å²) in [5.41, 5.74) is 0. The van der Waals surface area contributed by atoms with Gasteiger partial charge in [-0.3, -0.25) is 39.0 Å². The first kappa shape index (κ1) is 47.8. The lowest BCUT2D eigenvalue weighted by Crippen LogP contribution is -2.67. The fraction of sp³-hybridized carbons (Fsp3) is 0.758. The van der Waals surface area contributed by atoms with Gasteiger partial charge < -0.3 is 61.6 Å². The molecule has 0 aromatic rings. The lowest BCUT2D eigenvalue weighted by Gasteiger charge is -2.49. The molecule has 0 amide bonds. The van der Waals surface area contributed by atoms with Crippen molar-refractivity contribution in [2.24, 2.45) is 0 Å². The first-order valence-corrected chi connectivity index (χ1v) is 18.3. The monoisotopic (exact) mass is 879 g/mol. The summed E-state index contributed by atoms with van der Waals surface area (Å²) in [6.45, 7) is 9.74. The summed E-state index contributed by atoms with van der Waals surface area (Å²) in [7, 11) is 0. The Hall–Kier alpha value is -3.57. The molecule has 3 rings (SSSR count). The van der Waals surface area contributed by atoms with E-state index in [-0.39, 0.29) is 0 Å². The molecule has 24 heteroatoms. The zero-order valence-electron chi connectivity index (χ0n) is 32.1. The average Bonchev–Trinajstić information content (AvgIpc) is 3.04. The second kappa shape index (κ2) is 20.4. The van der Waals surface area contributed by atoms with Gasteiger partial charge in [-0.1, -0.05) is 34.8 Å². The third-order valence-corrected chi connectivity index (χ3v) is 8.56. The molecule has 57 heavy (non-hydrogen) atoms. The summed E-state index contributed by atoms with van der Waals surface area (Å²) < 4.78 is 71.6. The van der Waals surface area contributed by atoms with Gasteiger partial charge in [-0.15, -0.1) is 0 Å². The molecule has 0 unspecified atom stereocenters. The van der Waals surface area contributed by atoms with Crippen molar-refractivity contribution in [3.63, 3.8) is 0 Å². The maximum atomic E-state index is 12.6. The van der Waals surface area contributed by atoms with E-state index in [0.29, 0.717) is 0 Å². The van der Waals surface area contributed by atoms with Crippen LogP contribution in [0.2, 0.25) is 0 Å². The van der Waals surface area contributed by atoms with Gasteiger partial charge in [-0.25, -0.2) is 0 Å². The van der Waals surface area contributed by atoms with Gasteiger partial charge in [0.2, 0.25) is 12.2 Å². The van der Waals surface area contributed by atoms with Crippen LogP contribution < -0.4 is 0 Å². The predicted octanol–water partition coefficient (Wildman–Crippen LogP) is 1.49. The smallest absolute Gasteiger partial charge is 0.303 e. The molecule has 3 aliphatic heterocycles. The fourth-order valence-corrected chi connectivity index (χ4v) is 6.26. The summed E-state index contributed by atoms with van der Waals surface area (Å²) in [5, 5.41) is 8.18. The van der Waals surface area contributed by atoms with Crippen LogP contribution in [0.3, 0.4) is 0 Å². The highest BCUT2D eigenvalue weighted by molar-refractivity contribution is 6.76. The topological polar surface area (TPSA) is 263 Å². The van der Waals surface area contributed by atoms with E-state index in [2.05, 4.69) is 0 Å². The fourth-order valence-electron chi connectivity index (χ4n) is 6.12. The number of alkyl halides is 3. The first-order chi connectivity index (χ1) is 26.4. The van der Waals surface area contributed by atoms with E-state index in [0.717, 1.165) is 48.5 Å². The van der Waals surface area contributed by atoms with E-state index < -0.39 is 144 Å². The average molecular weight is 881 g/mol. The van der Waals surface area contributed by atoms with Gasteiger partial charge in [0, 0.05) is 48.5 Å². The second-order valence-electron chi connectivity index (χ2n) is 12.9. The van der Waals surface area contributed by atoms with Crippen LogP contribution >= 0.6 is 34.8 Å². The van der Waals surface area contributed by atoms with Crippen LogP contribution in [0.1, 0.15) is 62.3 Å². The Kier molecular flexibility index (Phi) is 17.1. The molecule has 0 aromatic carbocycles. The van der Waals surface area contributed by atoms with Gasteiger partial charge in [0.05, 0.1) is 18.8 Å². The van der Waals surface area contributed by atoms with E-state index in [9.17, 15) is 33.6 Å². The van der Waals surface area contributed by atoms with Crippen molar-refractivity contribution < 1.29 is 95.1 Å². The summed E-state index contributed by atoms with van der Waals surface area (Å²) in [6, 6.07) is 0. The zero-order valence-corrected chi connectivity index (χ0v) is 34.4. The quantitative estimate of drug-likeness (QED) is 0.0957. The van der Waals surface area contributed by atoms with Gasteiger partial charge in [0.25, 0.3) is 3.79 Å². The lowest BCUT2D eigenvalue weighted by atomic mass is 9.96. The van der Waals surface area contributed by atoms with Gasteiger partial charge in [0.15, 0.2) is 61.4 Å². The van der Waals surface area contributed by atoms with Crippen LogP contribution in [0.25, 0.3) is 0 Å². The zero-order chi connectivity index (χ0) is 43.1.